The average molecular weight is 405 g/mol. The first-order valence-electron chi connectivity index (χ1n) is 6.64. The Morgan fingerprint density at radius 1 is 1.25 bits per heavy atom. The van der Waals surface area contributed by atoms with E-state index in [1.165, 1.54) is 16.7 Å². The fraction of sp³-hybridized carbons (Fsp3) is 0.500. The number of rotatable bonds is 2. The lowest BCUT2D eigenvalue weighted by Gasteiger charge is -2.27. The van der Waals surface area contributed by atoms with E-state index in [2.05, 4.69) is 28.1 Å². The van der Waals surface area contributed by atoms with Crippen molar-refractivity contribution in [2.24, 2.45) is 10.7 Å². The molecule has 0 amide bonds. The third-order valence-electron chi connectivity index (χ3n) is 3.54. The first-order chi connectivity index (χ1) is 9.33. The lowest BCUT2D eigenvalue weighted by Crippen LogP contribution is -2.42. The standard InChI is InChI=1S/C14H19N3OS.HI/c15-14(17-3-5-19-6-4-17)16-8-11-1-2-12-9-18-10-13(12)7-11;/h1-2,7H,3-6,8-10H2,(H2,15,16);1H. The van der Waals surface area contributed by atoms with E-state index in [1.54, 1.807) is 0 Å². The molecule has 110 valence electrons. The molecule has 20 heavy (non-hydrogen) atoms. The Hall–Kier alpha value is -0.470. The molecule has 1 saturated heterocycles. The number of halogens is 1. The molecule has 0 spiro atoms. The Balaban J connectivity index is 0.00000147. The van der Waals surface area contributed by atoms with Crippen LogP contribution in [0.4, 0.5) is 0 Å². The largest absolute Gasteiger partial charge is 0.372 e. The van der Waals surface area contributed by atoms with Gasteiger partial charge < -0.3 is 15.4 Å². The van der Waals surface area contributed by atoms with Gasteiger partial charge in [-0.1, -0.05) is 18.2 Å². The second-order valence-corrected chi connectivity index (χ2v) is 6.09. The number of nitrogens with zero attached hydrogens (tertiary/aromatic N) is 2. The van der Waals surface area contributed by atoms with Crippen molar-refractivity contribution in [3.8, 4) is 0 Å². The molecular weight excluding hydrogens is 385 g/mol. The van der Waals surface area contributed by atoms with E-state index < -0.39 is 0 Å². The molecule has 1 aromatic carbocycles. The Morgan fingerprint density at radius 3 is 2.80 bits per heavy atom. The zero-order valence-electron chi connectivity index (χ0n) is 11.4. The second kappa shape index (κ2) is 7.51. The summed E-state index contributed by atoms with van der Waals surface area (Å²) in [4.78, 5) is 6.69. The van der Waals surface area contributed by atoms with E-state index >= 15 is 0 Å². The number of guanidine groups is 1. The number of aliphatic imine (C=N–C) groups is 1. The normalized spacial score (nSPS) is 18.6. The van der Waals surface area contributed by atoms with Gasteiger partial charge in [0.25, 0.3) is 0 Å². The summed E-state index contributed by atoms with van der Waals surface area (Å²) in [6, 6.07) is 6.45. The smallest absolute Gasteiger partial charge is 0.191 e. The Morgan fingerprint density at radius 2 is 2.00 bits per heavy atom. The minimum absolute atomic E-state index is 0. The van der Waals surface area contributed by atoms with E-state index in [0.717, 1.165) is 37.8 Å². The molecule has 2 N–H and O–H groups in total. The molecule has 4 nitrogen and oxygen atoms in total. The Kier molecular flexibility index (Phi) is 5.98. The van der Waals surface area contributed by atoms with Crippen LogP contribution in [0, 0.1) is 0 Å². The quantitative estimate of drug-likeness (QED) is 0.466. The van der Waals surface area contributed by atoms with E-state index in [1.807, 2.05) is 11.8 Å². The van der Waals surface area contributed by atoms with Crippen LogP contribution >= 0.6 is 35.7 Å². The molecule has 1 fully saturated rings. The zero-order valence-corrected chi connectivity index (χ0v) is 14.5. The monoisotopic (exact) mass is 405 g/mol. The van der Waals surface area contributed by atoms with Crippen LogP contribution in [0.15, 0.2) is 23.2 Å². The SMILES string of the molecule is I.NC(=NCc1ccc2c(c1)COC2)N1CCSCC1. The number of benzene rings is 1. The van der Waals surface area contributed by atoms with E-state index in [9.17, 15) is 0 Å². The van der Waals surface area contributed by atoms with Gasteiger partial charge in [0, 0.05) is 24.6 Å². The highest BCUT2D eigenvalue weighted by Crippen LogP contribution is 2.21. The summed E-state index contributed by atoms with van der Waals surface area (Å²) in [6.45, 7) is 4.15. The minimum Gasteiger partial charge on any atom is -0.372 e. The molecule has 0 aliphatic carbocycles. The van der Waals surface area contributed by atoms with Gasteiger partial charge in [-0.25, -0.2) is 4.99 Å². The summed E-state index contributed by atoms with van der Waals surface area (Å²) in [7, 11) is 0. The molecule has 0 bridgehead atoms. The highest BCUT2D eigenvalue weighted by Gasteiger charge is 2.13. The fourth-order valence-corrected chi connectivity index (χ4v) is 3.29. The predicted octanol–water partition coefficient (Wildman–Crippen LogP) is 2.20. The van der Waals surface area contributed by atoms with Crippen molar-refractivity contribution in [3.63, 3.8) is 0 Å². The van der Waals surface area contributed by atoms with Crippen LogP contribution < -0.4 is 5.73 Å². The zero-order chi connectivity index (χ0) is 13.1. The molecule has 2 aliphatic heterocycles. The highest BCUT2D eigenvalue weighted by molar-refractivity contribution is 14.0. The van der Waals surface area contributed by atoms with Crippen LogP contribution in [0.2, 0.25) is 0 Å². The molecule has 3 rings (SSSR count). The van der Waals surface area contributed by atoms with Gasteiger partial charge in [-0.05, 0) is 16.7 Å². The summed E-state index contributed by atoms with van der Waals surface area (Å²) >= 11 is 1.98. The summed E-state index contributed by atoms with van der Waals surface area (Å²) in [5, 5.41) is 0. The van der Waals surface area contributed by atoms with Crippen molar-refractivity contribution < 1.29 is 4.74 Å². The Labute approximate surface area is 141 Å². The molecule has 6 heteroatoms. The van der Waals surface area contributed by atoms with Crippen molar-refractivity contribution in [1.29, 1.82) is 0 Å². The van der Waals surface area contributed by atoms with E-state index in [-0.39, 0.29) is 24.0 Å². The molecule has 0 atom stereocenters. The maximum atomic E-state index is 6.05. The molecule has 0 radical (unpaired) electrons. The summed E-state index contributed by atoms with van der Waals surface area (Å²) in [6.07, 6.45) is 0. The second-order valence-electron chi connectivity index (χ2n) is 4.87. The van der Waals surface area contributed by atoms with E-state index in [0.29, 0.717) is 12.5 Å². The van der Waals surface area contributed by atoms with Gasteiger partial charge in [-0.3, -0.25) is 0 Å². The predicted molar refractivity (Wildman–Crippen MR) is 94.6 cm³/mol. The molecule has 2 heterocycles. The van der Waals surface area contributed by atoms with Gasteiger partial charge in [0.2, 0.25) is 0 Å². The van der Waals surface area contributed by atoms with Crippen LogP contribution in [0.25, 0.3) is 0 Å². The third-order valence-corrected chi connectivity index (χ3v) is 4.49. The van der Waals surface area contributed by atoms with Crippen LogP contribution in [-0.4, -0.2) is 35.5 Å². The molecule has 0 aromatic heterocycles. The maximum Gasteiger partial charge on any atom is 0.191 e. The molecule has 0 saturated carbocycles. The van der Waals surface area contributed by atoms with Gasteiger partial charge in [-0.15, -0.1) is 24.0 Å². The minimum atomic E-state index is 0. The Bertz CT molecular complexity index is 489. The molecular formula is C14H20IN3OS. The lowest BCUT2D eigenvalue weighted by molar-refractivity contribution is 0.134. The van der Waals surface area contributed by atoms with Gasteiger partial charge in [-0.2, -0.15) is 11.8 Å². The maximum absolute atomic E-state index is 6.05. The molecule has 2 aliphatic rings. The van der Waals surface area contributed by atoms with Crippen molar-refractivity contribution >= 4 is 41.7 Å². The van der Waals surface area contributed by atoms with Gasteiger partial charge in [0.05, 0.1) is 19.8 Å². The molecule has 1 aromatic rings. The van der Waals surface area contributed by atoms with Gasteiger partial charge in [0.1, 0.15) is 0 Å². The highest BCUT2D eigenvalue weighted by atomic mass is 127. The number of thioether (sulfide) groups is 1. The topological polar surface area (TPSA) is 50.9 Å². The fourth-order valence-electron chi connectivity index (χ4n) is 2.39. The van der Waals surface area contributed by atoms with E-state index in [4.69, 9.17) is 10.5 Å². The van der Waals surface area contributed by atoms with Crippen LogP contribution in [0.5, 0.6) is 0 Å². The first-order valence-corrected chi connectivity index (χ1v) is 7.79. The number of nitrogens with two attached hydrogens (primary N) is 1. The third kappa shape index (κ3) is 3.79. The van der Waals surface area contributed by atoms with Crippen LogP contribution in [0.3, 0.4) is 0 Å². The van der Waals surface area contributed by atoms with Crippen molar-refractivity contribution in [2.45, 2.75) is 19.8 Å². The average Bonchev–Trinajstić information content (AvgIpc) is 2.93. The van der Waals surface area contributed by atoms with Crippen molar-refractivity contribution in [1.82, 2.24) is 4.90 Å². The van der Waals surface area contributed by atoms with Crippen LogP contribution in [0.1, 0.15) is 16.7 Å². The number of hydrogen-bond acceptors (Lipinski definition) is 3. The first kappa shape index (κ1) is 15.9. The summed E-state index contributed by atoms with van der Waals surface area (Å²) < 4.78 is 5.42. The number of hydrogen-bond donors (Lipinski definition) is 1. The van der Waals surface area contributed by atoms with Crippen molar-refractivity contribution in [3.05, 3.63) is 34.9 Å². The molecule has 0 unspecified atom stereocenters. The number of ether oxygens (including phenoxy) is 1. The van der Waals surface area contributed by atoms with Gasteiger partial charge >= 0.3 is 0 Å². The van der Waals surface area contributed by atoms with Crippen LogP contribution in [-0.2, 0) is 24.5 Å². The van der Waals surface area contributed by atoms with Gasteiger partial charge in [0.15, 0.2) is 5.96 Å². The summed E-state index contributed by atoms with van der Waals surface area (Å²) in [5.41, 5.74) is 9.85. The lowest BCUT2D eigenvalue weighted by atomic mass is 10.1. The number of fused-ring (bicyclic) bond motifs is 1. The van der Waals surface area contributed by atoms with Crippen molar-refractivity contribution in [2.75, 3.05) is 24.6 Å². The summed E-state index contributed by atoms with van der Waals surface area (Å²) in [5.74, 6) is 2.97.